The van der Waals surface area contributed by atoms with E-state index in [4.69, 9.17) is 9.84 Å². The maximum absolute atomic E-state index is 11.8. The van der Waals surface area contributed by atoms with Crippen molar-refractivity contribution >= 4 is 23.2 Å². The molecule has 116 valence electrons. The SMILES string of the molecule is CC1CCCCC1OCC(=O)NCc1ccc(C(=O)O)s1. The molecule has 0 spiro atoms. The van der Waals surface area contributed by atoms with Gasteiger partial charge in [-0.2, -0.15) is 0 Å². The van der Waals surface area contributed by atoms with Crippen molar-refractivity contribution in [3.8, 4) is 0 Å². The van der Waals surface area contributed by atoms with Crippen LogP contribution in [0.1, 0.15) is 47.2 Å². The van der Waals surface area contributed by atoms with Crippen molar-refractivity contribution in [1.29, 1.82) is 0 Å². The van der Waals surface area contributed by atoms with Crippen molar-refractivity contribution in [1.82, 2.24) is 5.32 Å². The smallest absolute Gasteiger partial charge is 0.345 e. The van der Waals surface area contributed by atoms with Gasteiger partial charge in [0.05, 0.1) is 12.6 Å². The molecule has 2 rings (SSSR count). The summed E-state index contributed by atoms with van der Waals surface area (Å²) < 4.78 is 5.69. The number of carboxylic acid groups (broad SMARTS) is 1. The lowest BCUT2D eigenvalue weighted by Gasteiger charge is -2.28. The normalized spacial score (nSPS) is 22.0. The monoisotopic (exact) mass is 311 g/mol. The predicted octanol–water partition coefficient (Wildman–Crippen LogP) is 2.66. The summed E-state index contributed by atoms with van der Waals surface area (Å²) in [6.45, 7) is 2.59. The van der Waals surface area contributed by atoms with E-state index in [1.165, 1.54) is 30.6 Å². The second-order valence-corrected chi connectivity index (χ2v) is 6.63. The van der Waals surface area contributed by atoms with Crippen LogP contribution in [0.4, 0.5) is 0 Å². The van der Waals surface area contributed by atoms with Gasteiger partial charge in [-0.05, 0) is 30.9 Å². The maximum Gasteiger partial charge on any atom is 0.345 e. The van der Waals surface area contributed by atoms with Crippen LogP contribution in [-0.2, 0) is 16.1 Å². The highest BCUT2D eigenvalue weighted by atomic mass is 32.1. The van der Waals surface area contributed by atoms with Crippen LogP contribution in [0, 0.1) is 5.92 Å². The van der Waals surface area contributed by atoms with Crippen LogP contribution in [0.2, 0.25) is 0 Å². The van der Waals surface area contributed by atoms with Gasteiger partial charge in [0, 0.05) is 4.88 Å². The summed E-state index contributed by atoms with van der Waals surface area (Å²) in [5.74, 6) is -0.577. The van der Waals surface area contributed by atoms with Crippen LogP contribution in [0.3, 0.4) is 0 Å². The van der Waals surface area contributed by atoms with Gasteiger partial charge in [0.2, 0.25) is 5.91 Å². The second-order valence-electron chi connectivity index (χ2n) is 5.46. The Bertz CT molecular complexity index is 500. The molecule has 21 heavy (non-hydrogen) atoms. The van der Waals surface area contributed by atoms with Crippen LogP contribution in [0.25, 0.3) is 0 Å². The van der Waals surface area contributed by atoms with Gasteiger partial charge in [0.1, 0.15) is 11.5 Å². The Balaban J connectivity index is 1.70. The fraction of sp³-hybridized carbons (Fsp3) is 0.600. The molecule has 1 saturated carbocycles. The molecule has 1 aromatic rings. The zero-order valence-corrected chi connectivity index (χ0v) is 12.9. The lowest BCUT2D eigenvalue weighted by molar-refractivity contribution is -0.129. The molecule has 1 heterocycles. The first kappa shape index (κ1) is 16.0. The number of rotatable bonds is 6. The zero-order valence-electron chi connectivity index (χ0n) is 12.1. The minimum Gasteiger partial charge on any atom is -0.477 e. The molecular weight excluding hydrogens is 290 g/mol. The van der Waals surface area contributed by atoms with Gasteiger partial charge >= 0.3 is 5.97 Å². The standard InChI is InChI=1S/C15H21NO4S/c1-10-4-2-3-5-12(10)20-9-14(17)16-8-11-6-7-13(21-11)15(18)19/h6-7,10,12H,2-5,8-9H2,1H3,(H,16,17)(H,18,19). The molecule has 1 aliphatic carbocycles. The minimum absolute atomic E-state index is 0.0756. The van der Waals surface area contributed by atoms with E-state index in [2.05, 4.69) is 12.2 Å². The molecular formula is C15H21NO4S. The number of carbonyl (C=O) groups is 2. The third-order valence-electron chi connectivity index (χ3n) is 3.79. The second kappa shape index (κ2) is 7.56. The fourth-order valence-corrected chi connectivity index (χ4v) is 3.32. The quantitative estimate of drug-likeness (QED) is 0.847. The van der Waals surface area contributed by atoms with Gasteiger partial charge in [-0.3, -0.25) is 4.79 Å². The molecule has 1 amide bonds. The number of nitrogens with one attached hydrogen (secondary N) is 1. The predicted molar refractivity (Wildman–Crippen MR) is 80.5 cm³/mol. The summed E-state index contributed by atoms with van der Waals surface area (Å²) in [6, 6.07) is 3.27. The average Bonchev–Trinajstić information content (AvgIpc) is 2.93. The van der Waals surface area contributed by atoms with Gasteiger partial charge in [-0.15, -0.1) is 11.3 Å². The number of thiophene rings is 1. The van der Waals surface area contributed by atoms with Crippen molar-refractivity contribution in [3.05, 3.63) is 21.9 Å². The number of hydrogen-bond acceptors (Lipinski definition) is 4. The third kappa shape index (κ3) is 4.82. The van der Waals surface area contributed by atoms with E-state index >= 15 is 0 Å². The molecule has 1 aromatic heterocycles. The van der Waals surface area contributed by atoms with Crippen molar-refractivity contribution < 1.29 is 19.4 Å². The van der Waals surface area contributed by atoms with Gasteiger partial charge in [0.25, 0.3) is 0 Å². The Hall–Kier alpha value is -1.40. The number of hydrogen-bond donors (Lipinski definition) is 2. The molecule has 6 heteroatoms. The molecule has 0 aliphatic heterocycles. The van der Waals surface area contributed by atoms with Gasteiger partial charge in [-0.1, -0.05) is 19.8 Å². The molecule has 0 radical (unpaired) electrons. The summed E-state index contributed by atoms with van der Waals surface area (Å²) in [5.41, 5.74) is 0. The number of carbonyl (C=O) groups excluding carboxylic acids is 1. The first-order chi connectivity index (χ1) is 10.1. The molecule has 2 N–H and O–H groups in total. The first-order valence-corrected chi connectivity index (χ1v) is 8.08. The molecule has 0 aromatic carbocycles. The lowest BCUT2D eigenvalue weighted by atomic mass is 9.88. The third-order valence-corrected chi connectivity index (χ3v) is 4.87. The van der Waals surface area contributed by atoms with Crippen LogP contribution in [0.15, 0.2) is 12.1 Å². The summed E-state index contributed by atoms with van der Waals surface area (Å²) in [7, 11) is 0. The van der Waals surface area contributed by atoms with E-state index in [1.54, 1.807) is 12.1 Å². The van der Waals surface area contributed by atoms with E-state index in [0.717, 1.165) is 11.3 Å². The average molecular weight is 311 g/mol. The fourth-order valence-electron chi connectivity index (χ4n) is 2.54. The summed E-state index contributed by atoms with van der Waals surface area (Å²) in [5, 5.41) is 11.6. The van der Waals surface area contributed by atoms with Crippen LogP contribution >= 0.6 is 11.3 Å². The van der Waals surface area contributed by atoms with Gasteiger partial charge in [0.15, 0.2) is 0 Å². The Morgan fingerprint density at radius 3 is 2.81 bits per heavy atom. The van der Waals surface area contributed by atoms with Crippen molar-refractivity contribution in [3.63, 3.8) is 0 Å². The van der Waals surface area contributed by atoms with Crippen LogP contribution in [-0.4, -0.2) is 29.7 Å². The molecule has 2 unspecified atom stereocenters. The molecule has 5 nitrogen and oxygen atoms in total. The first-order valence-electron chi connectivity index (χ1n) is 7.26. The summed E-state index contributed by atoms with van der Waals surface area (Å²) in [4.78, 5) is 23.6. The van der Waals surface area contributed by atoms with Gasteiger partial charge < -0.3 is 15.2 Å². The highest BCUT2D eigenvalue weighted by Crippen LogP contribution is 2.26. The Morgan fingerprint density at radius 2 is 2.14 bits per heavy atom. The highest BCUT2D eigenvalue weighted by molar-refractivity contribution is 7.13. The topological polar surface area (TPSA) is 75.6 Å². The van der Waals surface area contributed by atoms with Gasteiger partial charge in [-0.25, -0.2) is 4.79 Å². The maximum atomic E-state index is 11.8. The summed E-state index contributed by atoms with van der Waals surface area (Å²) >= 11 is 1.17. The van der Waals surface area contributed by atoms with Crippen molar-refractivity contribution in [2.45, 2.75) is 45.3 Å². The Kier molecular flexibility index (Phi) is 5.76. The largest absolute Gasteiger partial charge is 0.477 e. The zero-order chi connectivity index (χ0) is 15.2. The number of aromatic carboxylic acids is 1. The van der Waals surface area contributed by atoms with E-state index in [-0.39, 0.29) is 23.5 Å². The van der Waals surface area contributed by atoms with Crippen LogP contribution < -0.4 is 5.32 Å². The highest BCUT2D eigenvalue weighted by Gasteiger charge is 2.22. The van der Waals surface area contributed by atoms with Crippen molar-refractivity contribution in [2.75, 3.05) is 6.61 Å². The van der Waals surface area contributed by atoms with Crippen molar-refractivity contribution in [2.24, 2.45) is 5.92 Å². The minimum atomic E-state index is -0.938. The van der Waals surface area contributed by atoms with E-state index in [9.17, 15) is 9.59 Å². The molecule has 0 saturated heterocycles. The number of amides is 1. The van der Waals surface area contributed by atoms with E-state index in [1.807, 2.05) is 0 Å². The van der Waals surface area contributed by atoms with Crippen LogP contribution in [0.5, 0.6) is 0 Å². The molecule has 1 fully saturated rings. The summed E-state index contributed by atoms with van der Waals surface area (Å²) in [6.07, 6.45) is 4.80. The Morgan fingerprint density at radius 1 is 1.38 bits per heavy atom. The molecule has 1 aliphatic rings. The Labute approximate surface area is 128 Å². The molecule has 0 bridgehead atoms. The molecule has 2 atom stereocenters. The van der Waals surface area contributed by atoms with E-state index in [0.29, 0.717) is 12.5 Å². The number of ether oxygens (including phenoxy) is 1. The van der Waals surface area contributed by atoms with E-state index < -0.39 is 5.97 Å². The lowest BCUT2D eigenvalue weighted by Crippen LogP contribution is -2.32. The number of carboxylic acids is 1.